The number of hydrogen-bond acceptors (Lipinski definition) is 2. The number of hydrogen-bond donors (Lipinski definition) is 0. The molecule has 0 aromatic heterocycles. The molecule has 0 saturated carbocycles. The minimum Gasteiger partial charge on any atom is -0.466 e. The summed E-state index contributed by atoms with van der Waals surface area (Å²) in [5.41, 5.74) is -1.96. The molecule has 0 heterocycles. The van der Waals surface area contributed by atoms with Crippen molar-refractivity contribution < 1.29 is 27.1 Å². The van der Waals surface area contributed by atoms with Crippen LogP contribution in [0.5, 0.6) is 0 Å². The highest BCUT2D eigenvalue weighted by Gasteiger charge is 2.35. The summed E-state index contributed by atoms with van der Waals surface area (Å²) in [7, 11) is 0. The molecule has 2 nitrogen and oxygen atoms in total. The number of alkyl halides is 3. The Bertz CT molecular complexity index is 457. The second kappa shape index (κ2) is 5.56. The minimum absolute atomic E-state index is 0.0526. The Morgan fingerprint density at radius 2 is 2.00 bits per heavy atom. The molecule has 1 aromatic rings. The molecule has 0 unspecified atom stereocenters. The second-order valence-corrected chi connectivity index (χ2v) is 3.77. The van der Waals surface area contributed by atoms with E-state index in [1.54, 1.807) is 0 Å². The summed E-state index contributed by atoms with van der Waals surface area (Å²) >= 11 is 5.58. The molecular formula is C11H9ClF4O2. The average Bonchev–Trinajstić information content (AvgIpc) is 2.22. The second-order valence-electron chi connectivity index (χ2n) is 3.37. The van der Waals surface area contributed by atoms with E-state index in [2.05, 4.69) is 4.74 Å². The Balaban J connectivity index is 3.15. The molecule has 0 radical (unpaired) electrons. The smallest absolute Gasteiger partial charge is 0.419 e. The Labute approximate surface area is 105 Å². The molecule has 0 aliphatic carbocycles. The Kier molecular flexibility index (Phi) is 4.56. The first kappa shape index (κ1) is 14.8. The summed E-state index contributed by atoms with van der Waals surface area (Å²) in [5.74, 6) is -2.37. The zero-order valence-electron chi connectivity index (χ0n) is 9.28. The zero-order chi connectivity index (χ0) is 13.9. The number of carbonyl (C=O) groups is 1. The van der Waals surface area contributed by atoms with E-state index < -0.39 is 35.5 Å². The molecule has 100 valence electrons. The molecule has 1 aromatic carbocycles. The Hall–Kier alpha value is -1.30. The highest BCUT2D eigenvalue weighted by atomic mass is 35.5. The van der Waals surface area contributed by atoms with E-state index >= 15 is 0 Å². The monoisotopic (exact) mass is 284 g/mol. The Morgan fingerprint density at radius 1 is 1.39 bits per heavy atom. The quantitative estimate of drug-likeness (QED) is 0.626. The molecule has 0 fully saturated rings. The van der Waals surface area contributed by atoms with Crippen LogP contribution in [0.3, 0.4) is 0 Å². The van der Waals surface area contributed by atoms with Crippen LogP contribution < -0.4 is 0 Å². The standard InChI is InChI=1S/C11H9ClF4O2/c1-2-18-9(17)5-6-8(12)4-3-7(10(6)13)11(14,15)16/h3-4H,2,5H2,1H3. The van der Waals surface area contributed by atoms with Crippen LogP contribution >= 0.6 is 11.6 Å². The van der Waals surface area contributed by atoms with Gasteiger partial charge < -0.3 is 4.74 Å². The fourth-order valence-corrected chi connectivity index (χ4v) is 1.55. The fraction of sp³-hybridized carbons (Fsp3) is 0.364. The number of ether oxygens (including phenoxy) is 1. The molecule has 0 spiro atoms. The van der Waals surface area contributed by atoms with Gasteiger partial charge in [0.05, 0.1) is 18.6 Å². The van der Waals surface area contributed by atoms with Crippen LogP contribution in [0, 0.1) is 5.82 Å². The molecular weight excluding hydrogens is 276 g/mol. The van der Waals surface area contributed by atoms with Gasteiger partial charge in [-0.25, -0.2) is 4.39 Å². The average molecular weight is 285 g/mol. The molecule has 0 N–H and O–H groups in total. The zero-order valence-corrected chi connectivity index (χ0v) is 10.0. The van der Waals surface area contributed by atoms with Crippen LogP contribution in [0.4, 0.5) is 17.6 Å². The van der Waals surface area contributed by atoms with Gasteiger partial charge in [0.2, 0.25) is 0 Å². The number of esters is 1. The molecule has 0 saturated heterocycles. The maximum atomic E-state index is 13.6. The van der Waals surface area contributed by atoms with E-state index in [1.165, 1.54) is 6.92 Å². The van der Waals surface area contributed by atoms with Crippen molar-refractivity contribution in [1.29, 1.82) is 0 Å². The normalized spacial score (nSPS) is 11.4. The summed E-state index contributed by atoms with van der Waals surface area (Å²) < 4.78 is 55.5. The number of carbonyl (C=O) groups excluding carboxylic acids is 1. The maximum Gasteiger partial charge on any atom is 0.419 e. The summed E-state index contributed by atoms with van der Waals surface area (Å²) in [6.45, 7) is 1.58. The molecule has 0 atom stereocenters. The highest BCUT2D eigenvalue weighted by molar-refractivity contribution is 6.31. The fourth-order valence-electron chi connectivity index (χ4n) is 1.33. The van der Waals surface area contributed by atoms with E-state index in [4.69, 9.17) is 11.6 Å². The highest BCUT2D eigenvalue weighted by Crippen LogP contribution is 2.35. The van der Waals surface area contributed by atoms with Gasteiger partial charge in [-0.1, -0.05) is 11.6 Å². The van der Waals surface area contributed by atoms with Crippen LogP contribution in [0.1, 0.15) is 18.1 Å². The van der Waals surface area contributed by atoms with Gasteiger partial charge >= 0.3 is 12.1 Å². The van der Waals surface area contributed by atoms with Gasteiger partial charge in [-0.3, -0.25) is 4.79 Å². The first-order valence-corrected chi connectivity index (χ1v) is 5.34. The van der Waals surface area contributed by atoms with Crippen LogP contribution in [-0.4, -0.2) is 12.6 Å². The van der Waals surface area contributed by atoms with Crippen LogP contribution in [0.25, 0.3) is 0 Å². The molecule has 0 aliphatic heterocycles. The van der Waals surface area contributed by atoms with Gasteiger partial charge in [0.15, 0.2) is 0 Å². The molecule has 1 rings (SSSR count). The van der Waals surface area contributed by atoms with Gasteiger partial charge in [0, 0.05) is 10.6 Å². The van der Waals surface area contributed by atoms with Gasteiger partial charge in [-0.05, 0) is 19.1 Å². The van der Waals surface area contributed by atoms with E-state index in [0.717, 1.165) is 6.07 Å². The molecule has 0 bridgehead atoms. The third-order valence-electron chi connectivity index (χ3n) is 2.12. The van der Waals surface area contributed by atoms with Gasteiger partial charge in [0.25, 0.3) is 0 Å². The molecule has 0 aliphatic rings. The maximum absolute atomic E-state index is 13.6. The lowest BCUT2D eigenvalue weighted by Gasteiger charge is -2.12. The van der Waals surface area contributed by atoms with E-state index in [-0.39, 0.29) is 11.6 Å². The number of rotatable bonds is 3. The third kappa shape index (κ3) is 3.35. The first-order chi connectivity index (χ1) is 8.27. The predicted octanol–water partition coefficient (Wildman–Crippen LogP) is 3.60. The molecule has 0 amide bonds. The largest absolute Gasteiger partial charge is 0.466 e. The van der Waals surface area contributed by atoms with Crippen molar-refractivity contribution in [3.63, 3.8) is 0 Å². The SMILES string of the molecule is CCOC(=O)Cc1c(Cl)ccc(C(F)(F)F)c1F. The predicted molar refractivity (Wildman–Crippen MR) is 56.7 cm³/mol. The van der Waals surface area contributed by atoms with Crippen molar-refractivity contribution >= 4 is 17.6 Å². The van der Waals surface area contributed by atoms with Crippen LogP contribution in [0.2, 0.25) is 5.02 Å². The van der Waals surface area contributed by atoms with Crippen molar-refractivity contribution in [3.05, 3.63) is 34.1 Å². The summed E-state index contributed by atoms with van der Waals surface area (Å²) in [5, 5.41) is -0.242. The lowest BCUT2D eigenvalue weighted by molar-refractivity contribution is -0.143. The van der Waals surface area contributed by atoms with E-state index in [0.29, 0.717) is 6.07 Å². The number of halogens is 5. The summed E-state index contributed by atoms with van der Waals surface area (Å²) in [6.07, 6.45) is -5.47. The van der Waals surface area contributed by atoms with Gasteiger partial charge in [-0.2, -0.15) is 13.2 Å². The first-order valence-electron chi connectivity index (χ1n) is 4.97. The third-order valence-corrected chi connectivity index (χ3v) is 2.47. The summed E-state index contributed by atoms with van der Waals surface area (Å²) in [4.78, 5) is 11.1. The topological polar surface area (TPSA) is 26.3 Å². The number of benzene rings is 1. The lowest BCUT2D eigenvalue weighted by atomic mass is 10.1. The van der Waals surface area contributed by atoms with Crippen molar-refractivity contribution in [2.24, 2.45) is 0 Å². The summed E-state index contributed by atoms with van der Waals surface area (Å²) in [6, 6.07) is 1.44. The van der Waals surface area contributed by atoms with E-state index in [9.17, 15) is 22.4 Å². The molecule has 7 heteroatoms. The van der Waals surface area contributed by atoms with Crippen molar-refractivity contribution in [2.75, 3.05) is 6.61 Å². The molecule has 18 heavy (non-hydrogen) atoms. The minimum atomic E-state index is -4.84. The van der Waals surface area contributed by atoms with E-state index in [1.807, 2.05) is 0 Å². The van der Waals surface area contributed by atoms with Crippen molar-refractivity contribution in [2.45, 2.75) is 19.5 Å². The van der Waals surface area contributed by atoms with Gasteiger partial charge in [-0.15, -0.1) is 0 Å². The van der Waals surface area contributed by atoms with Gasteiger partial charge in [0.1, 0.15) is 5.82 Å². The Morgan fingerprint density at radius 3 is 2.50 bits per heavy atom. The van der Waals surface area contributed by atoms with Crippen molar-refractivity contribution in [3.8, 4) is 0 Å². The lowest BCUT2D eigenvalue weighted by Crippen LogP contribution is -2.14. The van der Waals surface area contributed by atoms with Crippen LogP contribution in [0.15, 0.2) is 12.1 Å². The van der Waals surface area contributed by atoms with Crippen molar-refractivity contribution in [1.82, 2.24) is 0 Å². The van der Waals surface area contributed by atoms with Crippen LogP contribution in [-0.2, 0) is 22.1 Å².